The van der Waals surface area contributed by atoms with Crippen LogP contribution in [0.25, 0.3) is 0 Å². The standard InChI is InChI=1S/C12H13FN2OS/c1-7(11(14)17)12(16)15-5-4-8-2-3-9(13)6-10(8)15/h2-3,6-7H,4-5H2,1H3,(H2,14,17). The molecule has 0 bridgehead atoms. The summed E-state index contributed by atoms with van der Waals surface area (Å²) in [6.07, 6.45) is 0.741. The van der Waals surface area contributed by atoms with Gasteiger partial charge in [0.05, 0.1) is 10.9 Å². The van der Waals surface area contributed by atoms with Gasteiger partial charge in [-0.05, 0) is 31.0 Å². The molecule has 1 heterocycles. The Balaban J connectivity index is 2.30. The first-order valence-electron chi connectivity index (χ1n) is 5.40. The lowest BCUT2D eigenvalue weighted by atomic mass is 10.1. The second-order valence-corrected chi connectivity index (χ2v) is 4.61. The van der Waals surface area contributed by atoms with Crippen molar-refractivity contribution in [3.8, 4) is 0 Å². The van der Waals surface area contributed by atoms with Gasteiger partial charge < -0.3 is 10.6 Å². The van der Waals surface area contributed by atoms with Crippen molar-refractivity contribution < 1.29 is 9.18 Å². The number of halogens is 1. The fourth-order valence-electron chi connectivity index (χ4n) is 1.94. The summed E-state index contributed by atoms with van der Waals surface area (Å²) in [5.74, 6) is -1.02. The molecule has 0 saturated heterocycles. The fourth-order valence-corrected chi connectivity index (χ4v) is 2.04. The third-order valence-electron chi connectivity index (χ3n) is 3.01. The lowest BCUT2D eigenvalue weighted by Gasteiger charge is -2.21. The van der Waals surface area contributed by atoms with Gasteiger partial charge in [-0.2, -0.15) is 0 Å². The molecular formula is C12H13FN2OS. The highest BCUT2D eigenvalue weighted by Gasteiger charge is 2.29. The summed E-state index contributed by atoms with van der Waals surface area (Å²) >= 11 is 4.81. The van der Waals surface area contributed by atoms with Crippen LogP contribution in [-0.4, -0.2) is 17.4 Å². The fraction of sp³-hybridized carbons (Fsp3) is 0.333. The molecule has 90 valence electrons. The molecule has 1 aromatic rings. The number of hydrogen-bond donors (Lipinski definition) is 1. The number of anilines is 1. The molecule has 17 heavy (non-hydrogen) atoms. The molecule has 2 N–H and O–H groups in total. The summed E-state index contributed by atoms with van der Waals surface area (Å²) in [6, 6.07) is 4.50. The Morgan fingerprint density at radius 2 is 2.29 bits per heavy atom. The maximum Gasteiger partial charge on any atom is 0.236 e. The number of fused-ring (bicyclic) bond motifs is 1. The predicted molar refractivity (Wildman–Crippen MR) is 68.4 cm³/mol. The van der Waals surface area contributed by atoms with E-state index in [0.717, 1.165) is 12.0 Å². The number of rotatable bonds is 2. The molecule has 0 spiro atoms. The molecular weight excluding hydrogens is 239 g/mol. The first-order chi connectivity index (χ1) is 8.00. The van der Waals surface area contributed by atoms with Crippen molar-refractivity contribution in [1.29, 1.82) is 0 Å². The molecule has 1 aliphatic heterocycles. The van der Waals surface area contributed by atoms with Gasteiger partial charge in [-0.15, -0.1) is 0 Å². The summed E-state index contributed by atoms with van der Waals surface area (Å²) in [5, 5.41) is 0. The molecule has 1 aromatic carbocycles. The number of nitrogens with zero attached hydrogens (tertiary/aromatic N) is 1. The van der Waals surface area contributed by atoms with Crippen LogP contribution in [0.3, 0.4) is 0 Å². The number of carbonyl (C=O) groups is 1. The SMILES string of the molecule is CC(C(=O)N1CCc2ccc(F)cc21)C(N)=S. The number of carbonyl (C=O) groups excluding carboxylic acids is 1. The van der Waals surface area contributed by atoms with Gasteiger partial charge in [-0.25, -0.2) is 4.39 Å². The summed E-state index contributed by atoms with van der Waals surface area (Å²) in [7, 11) is 0. The molecule has 0 aromatic heterocycles. The summed E-state index contributed by atoms with van der Waals surface area (Å²) in [6.45, 7) is 2.23. The van der Waals surface area contributed by atoms with Crippen molar-refractivity contribution in [2.75, 3.05) is 11.4 Å². The Morgan fingerprint density at radius 3 is 2.94 bits per heavy atom. The second kappa shape index (κ2) is 4.41. The smallest absolute Gasteiger partial charge is 0.236 e. The van der Waals surface area contributed by atoms with Gasteiger partial charge in [0, 0.05) is 12.2 Å². The van der Waals surface area contributed by atoms with Crippen molar-refractivity contribution in [3.05, 3.63) is 29.6 Å². The van der Waals surface area contributed by atoms with E-state index in [0.29, 0.717) is 12.2 Å². The Labute approximate surface area is 104 Å². The zero-order valence-electron chi connectivity index (χ0n) is 9.44. The molecule has 3 nitrogen and oxygen atoms in total. The molecule has 1 unspecified atom stereocenters. The van der Waals surface area contributed by atoms with Crippen LogP contribution in [0, 0.1) is 11.7 Å². The van der Waals surface area contributed by atoms with Crippen molar-refractivity contribution in [2.24, 2.45) is 11.7 Å². The highest BCUT2D eigenvalue weighted by atomic mass is 32.1. The predicted octanol–water partition coefficient (Wildman–Crippen LogP) is 1.64. The molecule has 1 aliphatic rings. The van der Waals surface area contributed by atoms with Crippen LogP contribution in [0.5, 0.6) is 0 Å². The average molecular weight is 252 g/mol. The molecule has 2 rings (SSSR count). The Morgan fingerprint density at radius 1 is 1.59 bits per heavy atom. The maximum atomic E-state index is 13.2. The van der Waals surface area contributed by atoms with E-state index in [1.807, 2.05) is 0 Å². The van der Waals surface area contributed by atoms with Crippen LogP contribution >= 0.6 is 12.2 Å². The van der Waals surface area contributed by atoms with Crippen LogP contribution in [0.1, 0.15) is 12.5 Å². The van der Waals surface area contributed by atoms with Gasteiger partial charge in [0.25, 0.3) is 0 Å². The quantitative estimate of drug-likeness (QED) is 0.814. The Hall–Kier alpha value is -1.49. The zero-order chi connectivity index (χ0) is 12.6. The largest absolute Gasteiger partial charge is 0.393 e. The maximum absolute atomic E-state index is 13.2. The molecule has 1 atom stereocenters. The molecule has 0 fully saturated rings. The van der Waals surface area contributed by atoms with Crippen LogP contribution < -0.4 is 10.6 Å². The minimum atomic E-state index is -0.515. The lowest BCUT2D eigenvalue weighted by molar-refractivity contribution is -0.119. The third-order valence-corrected chi connectivity index (χ3v) is 3.36. The third kappa shape index (κ3) is 2.15. The van der Waals surface area contributed by atoms with Gasteiger partial charge in [0.2, 0.25) is 5.91 Å². The van der Waals surface area contributed by atoms with E-state index in [9.17, 15) is 9.18 Å². The van der Waals surface area contributed by atoms with E-state index in [2.05, 4.69) is 0 Å². The van der Waals surface area contributed by atoms with Crippen LogP contribution in [0.4, 0.5) is 10.1 Å². The first kappa shape index (κ1) is 12.0. The van der Waals surface area contributed by atoms with Crippen molar-refractivity contribution in [1.82, 2.24) is 0 Å². The lowest BCUT2D eigenvalue weighted by Crippen LogP contribution is -2.39. The first-order valence-corrected chi connectivity index (χ1v) is 5.80. The van der Waals surface area contributed by atoms with Crippen molar-refractivity contribution >= 4 is 28.8 Å². The van der Waals surface area contributed by atoms with E-state index >= 15 is 0 Å². The van der Waals surface area contributed by atoms with E-state index in [1.54, 1.807) is 17.9 Å². The summed E-state index contributed by atoms with van der Waals surface area (Å²) in [4.78, 5) is 13.8. The number of amides is 1. The minimum absolute atomic E-state index is 0.165. The van der Waals surface area contributed by atoms with Gasteiger partial charge >= 0.3 is 0 Å². The van der Waals surface area contributed by atoms with Crippen molar-refractivity contribution in [2.45, 2.75) is 13.3 Å². The molecule has 5 heteroatoms. The summed E-state index contributed by atoms with van der Waals surface area (Å²) < 4.78 is 13.2. The second-order valence-electron chi connectivity index (χ2n) is 4.14. The van der Waals surface area contributed by atoms with E-state index in [1.165, 1.54) is 12.1 Å². The highest BCUT2D eigenvalue weighted by molar-refractivity contribution is 7.80. The van der Waals surface area contributed by atoms with Gasteiger partial charge in [-0.3, -0.25) is 4.79 Å². The average Bonchev–Trinajstić information content (AvgIpc) is 2.69. The topological polar surface area (TPSA) is 46.3 Å². The highest BCUT2D eigenvalue weighted by Crippen LogP contribution is 2.29. The van der Waals surface area contributed by atoms with E-state index in [-0.39, 0.29) is 16.7 Å². The zero-order valence-corrected chi connectivity index (χ0v) is 10.3. The van der Waals surface area contributed by atoms with Crippen LogP contribution in [0.2, 0.25) is 0 Å². The summed E-state index contributed by atoms with van der Waals surface area (Å²) in [5.41, 5.74) is 7.08. The molecule has 0 saturated carbocycles. The van der Waals surface area contributed by atoms with E-state index < -0.39 is 5.92 Å². The molecule has 1 amide bonds. The molecule has 0 radical (unpaired) electrons. The van der Waals surface area contributed by atoms with Crippen LogP contribution in [0.15, 0.2) is 18.2 Å². The van der Waals surface area contributed by atoms with Crippen molar-refractivity contribution in [3.63, 3.8) is 0 Å². The van der Waals surface area contributed by atoms with E-state index in [4.69, 9.17) is 18.0 Å². The number of nitrogens with two attached hydrogens (primary N) is 1. The Kier molecular flexibility index (Phi) is 3.11. The Bertz CT molecular complexity index is 489. The minimum Gasteiger partial charge on any atom is -0.393 e. The normalized spacial score (nSPS) is 15.5. The van der Waals surface area contributed by atoms with Gasteiger partial charge in [0.1, 0.15) is 5.82 Å². The number of hydrogen-bond acceptors (Lipinski definition) is 2. The molecule has 0 aliphatic carbocycles. The number of thiocarbonyl (C=S) groups is 1. The monoisotopic (exact) mass is 252 g/mol. The van der Waals surface area contributed by atoms with Gasteiger partial charge in [0.15, 0.2) is 0 Å². The van der Waals surface area contributed by atoms with Gasteiger partial charge in [-0.1, -0.05) is 18.3 Å². The van der Waals surface area contributed by atoms with Crippen LogP contribution in [-0.2, 0) is 11.2 Å². The number of benzene rings is 1.